The van der Waals surface area contributed by atoms with Crippen LogP contribution in [-0.2, 0) is 9.59 Å². The summed E-state index contributed by atoms with van der Waals surface area (Å²) in [5.41, 5.74) is -0.639. The molecule has 7 nitrogen and oxygen atoms in total. The Morgan fingerprint density at radius 2 is 1.81 bits per heavy atom. The van der Waals surface area contributed by atoms with E-state index in [-0.39, 0.29) is 46.9 Å². The fourth-order valence-electron chi connectivity index (χ4n) is 4.59. The van der Waals surface area contributed by atoms with Crippen LogP contribution >= 0.6 is 11.6 Å². The van der Waals surface area contributed by atoms with E-state index in [0.717, 1.165) is 6.07 Å². The molecule has 3 saturated carbocycles. The number of rotatable bonds is 6. The Labute approximate surface area is 182 Å². The normalized spacial score (nSPS) is 27.4. The van der Waals surface area contributed by atoms with Gasteiger partial charge in [-0.15, -0.1) is 0 Å². The molecule has 2 amide bonds. The molecule has 31 heavy (non-hydrogen) atoms. The summed E-state index contributed by atoms with van der Waals surface area (Å²) in [5.74, 6) is 0.290. The molecule has 1 aliphatic heterocycles. The number of ether oxygens (including phenoxy) is 3. The first-order valence-corrected chi connectivity index (χ1v) is 10.3. The molecule has 0 aromatic heterocycles. The summed E-state index contributed by atoms with van der Waals surface area (Å²) in [7, 11) is 0. The van der Waals surface area contributed by atoms with Gasteiger partial charge in [-0.3, -0.25) is 9.59 Å². The Morgan fingerprint density at radius 1 is 1.10 bits per heavy atom. The first-order valence-electron chi connectivity index (χ1n) is 9.95. The van der Waals surface area contributed by atoms with Gasteiger partial charge in [-0.1, -0.05) is 23.7 Å². The van der Waals surface area contributed by atoms with Crippen LogP contribution in [-0.4, -0.2) is 42.2 Å². The fourth-order valence-corrected chi connectivity index (χ4v) is 4.71. The van der Waals surface area contributed by atoms with Crippen LogP contribution in [0, 0.1) is 5.82 Å². The number of carbonyl (C=O) groups is 2. The van der Waals surface area contributed by atoms with E-state index in [1.165, 1.54) is 12.1 Å². The lowest BCUT2D eigenvalue weighted by Crippen LogP contribution is -2.84. The highest BCUT2D eigenvalue weighted by molar-refractivity contribution is 6.30. The van der Waals surface area contributed by atoms with Gasteiger partial charge in [0.2, 0.25) is 6.10 Å². The molecule has 4 aliphatic rings. The molecular weight excluding hydrogens is 427 g/mol. The van der Waals surface area contributed by atoms with Crippen molar-refractivity contribution >= 4 is 23.4 Å². The van der Waals surface area contributed by atoms with E-state index in [1.54, 1.807) is 12.1 Å². The Morgan fingerprint density at radius 3 is 2.55 bits per heavy atom. The third kappa shape index (κ3) is 3.76. The molecule has 162 valence electrons. The highest BCUT2D eigenvalue weighted by Gasteiger charge is 2.69. The van der Waals surface area contributed by atoms with Crippen LogP contribution in [0.1, 0.15) is 19.3 Å². The first-order chi connectivity index (χ1) is 14.9. The zero-order chi connectivity index (χ0) is 21.6. The number of halogens is 2. The van der Waals surface area contributed by atoms with Crippen molar-refractivity contribution in [2.24, 2.45) is 0 Å². The van der Waals surface area contributed by atoms with Crippen molar-refractivity contribution in [2.45, 2.75) is 36.4 Å². The lowest BCUT2D eigenvalue weighted by atomic mass is 9.44. The van der Waals surface area contributed by atoms with Crippen LogP contribution in [0.15, 0.2) is 42.5 Å². The van der Waals surface area contributed by atoms with Crippen molar-refractivity contribution in [3.8, 4) is 17.2 Å². The third-order valence-electron chi connectivity index (χ3n) is 5.89. The predicted molar refractivity (Wildman–Crippen MR) is 109 cm³/mol. The van der Waals surface area contributed by atoms with Crippen molar-refractivity contribution in [2.75, 3.05) is 13.2 Å². The highest BCUT2D eigenvalue weighted by atomic mass is 35.5. The van der Waals surface area contributed by atoms with Gasteiger partial charge in [0.05, 0.1) is 5.02 Å². The van der Waals surface area contributed by atoms with Crippen LogP contribution in [0.4, 0.5) is 4.39 Å². The molecule has 1 unspecified atom stereocenters. The molecule has 2 bridgehead atoms. The Balaban J connectivity index is 1.08. The quantitative estimate of drug-likeness (QED) is 0.712. The summed E-state index contributed by atoms with van der Waals surface area (Å²) in [6.45, 7) is -0.0712. The standard InChI is InChI=1S/C22H20ClFN2O5/c23-14-6-5-13(7-15(14)24)29-9-19(27)25-21-10-22(11-21,12-21)26-20(28)18-8-30-16-3-1-2-4-17(16)31-18/h1-7,18H,8-12H2,(H,25,27)(H,26,28). The average molecular weight is 447 g/mol. The van der Waals surface area contributed by atoms with Gasteiger partial charge in [-0.2, -0.15) is 0 Å². The van der Waals surface area contributed by atoms with E-state index < -0.39 is 11.9 Å². The summed E-state index contributed by atoms with van der Waals surface area (Å²) < 4.78 is 30.1. The number of carbonyl (C=O) groups excluding carboxylic acids is 2. The molecule has 3 fully saturated rings. The van der Waals surface area contributed by atoms with E-state index >= 15 is 0 Å². The van der Waals surface area contributed by atoms with Crippen LogP contribution in [0.2, 0.25) is 5.02 Å². The van der Waals surface area contributed by atoms with E-state index in [4.69, 9.17) is 25.8 Å². The van der Waals surface area contributed by atoms with Crippen LogP contribution in [0.25, 0.3) is 0 Å². The number of benzene rings is 2. The van der Waals surface area contributed by atoms with Gasteiger partial charge in [0.15, 0.2) is 18.1 Å². The largest absolute Gasteiger partial charge is 0.485 e. The number of hydrogen-bond acceptors (Lipinski definition) is 5. The predicted octanol–water partition coefficient (Wildman–Crippen LogP) is 2.61. The lowest BCUT2D eigenvalue weighted by molar-refractivity contribution is -0.155. The molecule has 0 saturated heterocycles. The lowest BCUT2D eigenvalue weighted by Gasteiger charge is -2.70. The van der Waals surface area contributed by atoms with E-state index in [9.17, 15) is 14.0 Å². The minimum absolute atomic E-state index is 0.00703. The Hall–Kier alpha value is -3.00. The van der Waals surface area contributed by atoms with Gasteiger partial charge in [-0.25, -0.2) is 4.39 Å². The molecule has 2 aromatic rings. The molecule has 2 aromatic carbocycles. The maximum Gasteiger partial charge on any atom is 0.265 e. The smallest absolute Gasteiger partial charge is 0.265 e. The molecule has 0 spiro atoms. The molecular formula is C22H20ClFN2O5. The maximum atomic E-state index is 13.4. The summed E-state index contributed by atoms with van der Waals surface area (Å²) in [6, 6.07) is 11.2. The van der Waals surface area contributed by atoms with Crippen LogP contribution < -0.4 is 24.8 Å². The summed E-state index contributed by atoms with van der Waals surface area (Å²) in [6.07, 6.45) is 1.24. The number of hydrogen-bond donors (Lipinski definition) is 2. The summed E-state index contributed by atoms with van der Waals surface area (Å²) >= 11 is 5.63. The van der Waals surface area contributed by atoms with Crippen molar-refractivity contribution in [1.29, 1.82) is 0 Å². The van der Waals surface area contributed by atoms with Crippen molar-refractivity contribution in [1.82, 2.24) is 10.6 Å². The second-order valence-electron chi connectivity index (χ2n) is 8.36. The van der Waals surface area contributed by atoms with E-state index in [2.05, 4.69) is 10.6 Å². The van der Waals surface area contributed by atoms with Crippen molar-refractivity contribution < 1.29 is 28.2 Å². The Kier molecular flexibility index (Phi) is 4.69. The summed E-state index contributed by atoms with van der Waals surface area (Å²) in [4.78, 5) is 24.8. The molecule has 2 N–H and O–H groups in total. The van der Waals surface area contributed by atoms with E-state index in [0.29, 0.717) is 30.8 Å². The number of fused-ring (bicyclic) bond motifs is 1. The van der Waals surface area contributed by atoms with Gasteiger partial charge in [0, 0.05) is 17.1 Å². The minimum atomic E-state index is -0.706. The van der Waals surface area contributed by atoms with Gasteiger partial charge in [0.1, 0.15) is 18.2 Å². The van der Waals surface area contributed by atoms with Gasteiger partial charge < -0.3 is 24.8 Å². The van der Waals surface area contributed by atoms with Crippen LogP contribution in [0.3, 0.4) is 0 Å². The van der Waals surface area contributed by atoms with Gasteiger partial charge >= 0.3 is 0 Å². The zero-order valence-corrected chi connectivity index (χ0v) is 17.2. The molecule has 1 heterocycles. The molecule has 0 radical (unpaired) electrons. The Bertz CT molecular complexity index is 1040. The molecule has 6 rings (SSSR count). The van der Waals surface area contributed by atoms with Crippen molar-refractivity contribution in [3.05, 3.63) is 53.3 Å². The average Bonchev–Trinajstić information content (AvgIpc) is 2.71. The topological polar surface area (TPSA) is 85.9 Å². The first kappa shape index (κ1) is 19.9. The van der Waals surface area contributed by atoms with Crippen molar-refractivity contribution in [3.63, 3.8) is 0 Å². The zero-order valence-electron chi connectivity index (χ0n) is 16.5. The second kappa shape index (κ2) is 7.30. The number of amides is 2. The molecule has 1 atom stereocenters. The fraction of sp³-hybridized carbons (Fsp3) is 0.364. The SMILES string of the molecule is O=C(COc1ccc(Cl)c(F)c1)NC12CC(NC(=O)C3COc4ccccc4O3)(C1)C2. The van der Waals surface area contributed by atoms with E-state index in [1.807, 2.05) is 12.1 Å². The maximum absolute atomic E-state index is 13.4. The highest BCUT2D eigenvalue weighted by Crippen LogP contribution is 2.60. The van der Waals surface area contributed by atoms with Gasteiger partial charge in [0.25, 0.3) is 11.8 Å². The molecule has 9 heteroatoms. The third-order valence-corrected chi connectivity index (χ3v) is 6.19. The number of para-hydroxylation sites is 2. The summed E-state index contributed by atoms with van der Waals surface area (Å²) in [5, 5.41) is 5.99. The monoisotopic (exact) mass is 446 g/mol. The molecule has 3 aliphatic carbocycles. The second-order valence-corrected chi connectivity index (χ2v) is 8.76. The minimum Gasteiger partial charge on any atom is -0.485 e. The van der Waals surface area contributed by atoms with Crippen LogP contribution in [0.5, 0.6) is 17.2 Å². The van der Waals surface area contributed by atoms with Gasteiger partial charge in [-0.05, 0) is 43.5 Å². The number of nitrogens with one attached hydrogen (secondary N) is 2.